The van der Waals surface area contributed by atoms with Crippen LogP contribution in [0.3, 0.4) is 0 Å². The molecule has 24 heavy (non-hydrogen) atoms. The maximum atomic E-state index is 12.0. The average Bonchev–Trinajstić information content (AvgIpc) is 2.53. The summed E-state index contributed by atoms with van der Waals surface area (Å²) in [5.41, 5.74) is 3.60. The fourth-order valence-electron chi connectivity index (χ4n) is 2.02. The van der Waals surface area contributed by atoms with Crippen LogP contribution in [0.15, 0.2) is 42.5 Å². The Morgan fingerprint density at radius 1 is 0.958 bits per heavy atom. The molecule has 0 bridgehead atoms. The van der Waals surface area contributed by atoms with Gasteiger partial charge in [-0.3, -0.25) is 9.59 Å². The summed E-state index contributed by atoms with van der Waals surface area (Å²) in [5.74, 6) is 0.166. The van der Waals surface area contributed by atoms with E-state index in [9.17, 15) is 9.59 Å². The molecule has 0 atom stereocenters. The fraction of sp³-hybridized carbons (Fsp3) is 0.222. The van der Waals surface area contributed by atoms with Gasteiger partial charge in [0.25, 0.3) is 0 Å². The van der Waals surface area contributed by atoms with Crippen molar-refractivity contribution in [2.24, 2.45) is 0 Å². The molecular weight excluding hydrogens is 344 g/mol. The minimum atomic E-state index is -0.151. The van der Waals surface area contributed by atoms with E-state index in [-0.39, 0.29) is 23.3 Å². The first-order valence-electron chi connectivity index (χ1n) is 7.44. The van der Waals surface area contributed by atoms with Crippen molar-refractivity contribution in [1.29, 1.82) is 0 Å². The lowest BCUT2D eigenvalue weighted by atomic mass is 10.1. The topological polar surface area (TPSA) is 58.2 Å². The zero-order chi connectivity index (χ0) is 17.5. The van der Waals surface area contributed by atoms with E-state index in [0.717, 1.165) is 16.8 Å². The Morgan fingerprint density at radius 3 is 2.25 bits per heavy atom. The van der Waals surface area contributed by atoms with Gasteiger partial charge in [-0.25, -0.2) is 0 Å². The molecule has 0 aromatic heterocycles. The Balaban J connectivity index is 1.75. The normalized spacial score (nSPS) is 10.3. The number of benzene rings is 2. The summed E-state index contributed by atoms with van der Waals surface area (Å²) in [7, 11) is 0. The second-order valence-electron chi connectivity index (χ2n) is 5.41. The highest BCUT2D eigenvalue weighted by Crippen LogP contribution is 2.17. The van der Waals surface area contributed by atoms with Crippen molar-refractivity contribution in [1.82, 2.24) is 0 Å². The van der Waals surface area contributed by atoms with Crippen LogP contribution in [0.25, 0.3) is 0 Å². The fourth-order valence-corrected chi connectivity index (χ4v) is 2.77. The summed E-state index contributed by atoms with van der Waals surface area (Å²) in [5, 5.41) is 6.25. The standard InChI is InChI=1S/C18H19ClN2O2S/c1-12-3-4-13(2)16(9-12)21-18(23)11-24-10-17(22)20-15-7-5-14(19)6-8-15/h3-9H,10-11H2,1-2H3,(H,20,22)(H,21,23). The maximum Gasteiger partial charge on any atom is 0.234 e. The molecular formula is C18H19ClN2O2S. The Morgan fingerprint density at radius 2 is 1.58 bits per heavy atom. The highest BCUT2D eigenvalue weighted by molar-refractivity contribution is 8.00. The molecule has 0 saturated carbocycles. The first kappa shape index (κ1) is 18.4. The number of amides is 2. The molecule has 6 heteroatoms. The number of aryl methyl sites for hydroxylation is 2. The Bertz CT molecular complexity index is 732. The van der Waals surface area contributed by atoms with Crippen LogP contribution >= 0.6 is 23.4 Å². The molecule has 2 N–H and O–H groups in total. The molecule has 0 aliphatic rings. The van der Waals surface area contributed by atoms with Crippen LogP contribution in [0.1, 0.15) is 11.1 Å². The minimum absolute atomic E-state index is 0.118. The van der Waals surface area contributed by atoms with Crippen LogP contribution in [0.2, 0.25) is 5.02 Å². The largest absolute Gasteiger partial charge is 0.325 e. The average molecular weight is 363 g/mol. The van der Waals surface area contributed by atoms with Gasteiger partial charge in [-0.2, -0.15) is 0 Å². The zero-order valence-electron chi connectivity index (χ0n) is 13.6. The van der Waals surface area contributed by atoms with Crippen LogP contribution in [0, 0.1) is 13.8 Å². The number of carbonyl (C=O) groups is 2. The van der Waals surface area contributed by atoms with Crippen LogP contribution in [0.4, 0.5) is 11.4 Å². The molecule has 2 aromatic carbocycles. The third-order valence-electron chi connectivity index (χ3n) is 3.26. The summed E-state index contributed by atoms with van der Waals surface area (Å²) in [4.78, 5) is 23.8. The molecule has 0 fully saturated rings. The van der Waals surface area contributed by atoms with Gasteiger partial charge >= 0.3 is 0 Å². The third kappa shape index (κ3) is 5.91. The van der Waals surface area contributed by atoms with Crippen molar-refractivity contribution in [3.05, 3.63) is 58.6 Å². The van der Waals surface area contributed by atoms with Gasteiger partial charge < -0.3 is 10.6 Å². The molecule has 0 radical (unpaired) electrons. The number of halogens is 1. The predicted octanol–water partition coefficient (Wildman–Crippen LogP) is 4.27. The van der Waals surface area contributed by atoms with Gasteiger partial charge in [-0.15, -0.1) is 11.8 Å². The molecule has 0 spiro atoms. The van der Waals surface area contributed by atoms with Crippen molar-refractivity contribution in [3.63, 3.8) is 0 Å². The number of hydrogen-bond donors (Lipinski definition) is 2. The smallest absolute Gasteiger partial charge is 0.234 e. The van der Waals surface area contributed by atoms with Gasteiger partial charge in [-0.1, -0.05) is 23.7 Å². The zero-order valence-corrected chi connectivity index (χ0v) is 15.1. The first-order valence-corrected chi connectivity index (χ1v) is 8.97. The number of nitrogens with one attached hydrogen (secondary N) is 2. The van der Waals surface area contributed by atoms with Crippen molar-refractivity contribution < 1.29 is 9.59 Å². The highest BCUT2D eigenvalue weighted by atomic mass is 35.5. The number of rotatable bonds is 6. The third-order valence-corrected chi connectivity index (χ3v) is 4.45. The van der Waals surface area contributed by atoms with Crippen molar-refractivity contribution in [2.75, 3.05) is 22.1 Å². The molecule has 0 unspecified atom stereocenters. The molecule has 0 aliphatic heterocycles. The summed E-state index contributed by atoms with van der Waals surface area (Å²) < 4.78 is 0. The van der Waals surface area contributed by atoms with Crippen LogP contribution < -0.4 is 10.6 Å². The molecule has 0 heterocycles. The number of carbonyl (C=O) groups excluding carboxylic acids is 2. The summed E-state index contributed by atoms with van der Waals surface area (Å²) in [6, 6.07) is 12.8. The SMILES string of the molecule is Cc1ccc(C)c(NC(=O)CSCC(=O)Nc2ccc(Cl)cc2)c1. The van der Waals surface area contributed by atoms with Gasteiger partial charge in [0.05, 0.1) is 11.5 Å². The molecule has 2 rings (SSSR count). The van der Waals surface area contributed by atoms with E-state index in [1.165, 1.54) is 11.8 Å². The Hall–Kier alpha value is -1.98. The second-order valence-corrected chi connectivity index (χ2v) is 6.84. The molecule has 0 saturated heterocycles. The van der Waals surface area contributed by atoms with E-state index >= 15 is 0 Å². The van der Waals surface area contributed by atoms with E-state index in [0.29, 0.717) is 10.7 Å². The minimum Gasteiger partial charge on any atom is -0.325 e. The lowest BCUT2D eigenvalue weighted by Gasteiger charge is -2.09. The Kier molecular flexibility index (Phi) is 6.70. The monoisotopic (exact) mass is 362 g/mol. The van der Waals surface area contributed by atoms with Crippen LogP contribution in [-0.4, -0.2) is 23.3 Å². The predicted molar refractivity (Wildman–Crippen MR) is 102 cm³/mol. The molecule has 2 amide bonds. The van der Waals surface area contributed by atoms with Crippen molar-refractivity contribution in [2.45, 2.75) is 13.8 Å². The molecule has 0 aliphatic carbocycles. The van der Waals surface area contributed by atoms with E-state index in [1.807, 2.05) is 32.0 Å². The number of hydrogen-bond acceptors (Lipinski definition) is 3. The van der Waals surface area contributed by atoms with E-state index in [1.54, 1.807) is 24.3 Å². The second kappa shape index (κ2) is 8.76. The van der Waals surface area contributed by atoms with Gasteiger partial charge in [0, 0.05) is 16.4 Å². The van der Waals surface area contributed by atoms with Crippen molar-refractivity contribution >= 4 is 46.6 Å². The number of anilines is 2. The molecule has 4 nitrogen and oxygen atoms in total. The van der Waals surface area contributed by atoms with E-state index < -0.39 is 0 Å². The first-order chi connectivity index (χ1) is 11.4. The van der Waals surface area contributed by atoms with Gasteiger partial charge in [-0.05, 0) is 55.3 Å². The lowest BCUT2D eigenvalue weighted by molar-refractivity contribution is -0.114. The Labute approximate surface area is 151 Å². The van der Waals surface area contributed by atoms with Crippen LogP contribution in [0.5, 0.6) is 0 Å². The molecule has 2 aromatic rings. The summed E-state index contributed by atoms with van der Waals surface area (Å²) in [6.45, 7) is 3.92. The van der Waals surface area contributed by atoms with Gasteiger partial charge in [0.15, 0.2) is 0 Å². The highest BCUT2D eigenvalue weighted by Gasteiger charge is 2.08. The quantitative estimate of drug-likeness (QED) is 0.806. The van der Waals surface area contributed by atoms with E-state index in [2.05, 4.69) is 10.6 Å². The van der Waals surface area contributed by atoms with Crippen LogP contribution in [-0.2, 0) is 9.59 Å². The maximum absolute atomic E-state index is 12.0. The number of thioether (sulfide) groups is 1. The van der Waals surface area contributed by atoms with Gasteiger partial charge in [0.2, 0.25) is 11.8 Å². The van der Waals surface area contributed by atoms with Gasteiger partial charge in [0.1, 0.15) is 0 Å². The van der Waals surface area contributed by atoms with Crippen molar-refractivity contribution in [3.8, 4) is 0 Å². The summed E-state index contributed by atoms with van der Waals surface area (Å²) >= 11 is 7.06. The summed E-state index contributed by atoms with van der Waals surface area (Å²) in [6.07, 6.45) is 0. The van der Waals surface area contributed by atoms with E-state index in [4.69, 9.17) is 11.6 Å². The lowest BCUT2D eigenvalue weighted by Crippen LogP contribution is -2.18. The molecule has 126 valence electrons.